The topological polar surface area (TPSA) is 69.7 Å². The number of piperazine rings is 1. The summed E-state index contributed by atoms with van der Waals surface area (Å²) in [5.41, 5.74) is 0. The monoisotopic (exact) mass is 307 g/mol. The van der Waals surface area contributed by atoms with Gasteiger partial charge in [-0.05, 0) is 19.3 Å². The van der Waals surface area contributed by atoms with Crippen LogP contribution in [0, 0.1) is 11.8 Å². The molecule has 1 N–H and O–H groups in total. The summed E-state index contributed by atoms with van der Waals surface area (Å²) >= 11 is 0. The quantitative estimate of drug-likeness (QED) is 0.819. The van der Waals surface area contributed by atoms with Gasteiger partial charge in [0.05, 0.1) is 11.8 Å². The van der Waals surface area contributed by atoms with Gasteiger partial charge in [0.15, 0.2) is 0 Å². The Balaban J connectivity index is 1.44. The molecule has 0 aromatic rings. The standard InChI is InChI=1S/C16H25N3O3/c1-11(20)18-6-8-19(9-7-18)16(22)14-10-13(14)15(21)17-12-4-2-3-5-12/h12-14H,2-10H2,1H3,(H,17,21). The van der Waals surface area contributed by atoms with Crippen LogP contribution in [0.3, 0.4) is 0 Å². The lowest BCUT2D eigenvalue weighted by molar-refractivity contribution is -0.140. The number of carbonyl (C=O) groups excluding carboxylic acids is 3. The van der Waals surface area contributed by atoms with Gasteiger partial charge in [-0.3, -0.25) is 14.4 Å². The fourth-order valence-electron chi connectivity index (χ4n) is 3.61. The maximum Gasteiger partial charge on any atom is 0.226 e. The van der Waals surface area contributed by atoms with E-state index in [-0.39, 0.29) is 29.6 Å². The van der Waals surface area contributed by atoms with E-state index in [4.69, 9.17) is 0 Å². The number of amides is 3. The van der Waals surface area contributed by atoms with Crippen LogP contribution in [0.4, 0.5) is 0 Å². The molecule has 0 aromatic heterocycles. The molecule has 2 saturated carbocycles. The first-order valence-corrected chi connectivity index (χ1v) is 8.41. The van der Waals surface area contributed by atoms with Crippen LogP contribution in [0.2, 0.25) is 0 Å². The number of nitrogens with one attached hydrogen (secondary N) is 1. The van der Waals surface area contributed by atoms with E-state index < -0.39 is 0 Å². The molecule has 1 saturated heterocycles. The Morgan fingerprint density at radius 1 is 0.909 bits per heavy atom. The van der Waals surface area contributed by atoms with Crippen LogP contribution >= 0.6 is 0 Å². The second kappa shape index (κ2) is 6.26. The molecule has 22 heavy (non-hydrogen) atoms. The van der Waals surface area contributed by atoms with Crippen molar-refractivity contribution in [2.45, 2.75) is 45.1 Å². The Kier molecular flexibility index (Phi) is 4.36. The number of nitrogens with zero attached hydrogens (tertiary/aromatic N) is 2. The number of hydrogen-bond donors (Lipinski definition) is 1. The molecule has 122 valence electrons. The highest BCUT2D eigenvalue weighted by molar-refractivity contribution is 5.92. The molecule has 1 aliphatic heterocycles. The Hall–Kier alpha value is -1.59. The van der Waals surface area contributed by atoms with Crippen molar-refractivity contribution in [1.82, 2.24) is 15.1 Å². The van der Waals surface area contributed by atoms with E-state index >= 15 is 0 Å². The molecular weight excluding hydrogens is 282 g/mol. The maximum absolute atomic E-state index is 12.4. The van der Waals surface area contributed by atoms with Gasteiger partial charge in [0.25, 0.3) is 0 Å². The van der Waals surface area contributed by atoms with Crippen LogP contribution in [0.5, 0.6) is 0 Å². The van der Waals surface area contributed by atoms with Gasteiger partial charge < -0.3 is 15.1 Å². The lowest BCUT2D eigenvalue weighted by Crippen LogP contribution is -2.50. The fraction of sp³-hybridized carbons (Fsp3) is 0.812. The van der Waals surface area contributed by atoms with Crippen molar-refractivity contribution in [2.24, 2.45) is 11.8 Å². The van der Waals surface area contributed by atoms with E-state index in [9.17, 15) is 14.4 Å². The number of rotatable bonds is 3. The van der Waals surface area contributed by atoms with Crippen molar-refractivity contribution in [3.8, 4) is 0 Å². The fourth-order valence-corrected chi connectivity index (χ4v) is 3.61. The van der Waals surface area contributed by atoms with Gasteiger partial charge in [0.1, 0.15) is 0 Å². The van der Waals surface area contributed by atoms with Crippen molar-refractivity contribution in [3.05, 3.63) is 0 Å². The first-order chi connectivity index (χ1) is 10.6. The SMILES string of the molecule is CC(=O)N1CCN(C(=O)C2CC2C(=O)NC2CCCC2)CC1. The highest BCUT2D eigenvalue weighted by atomic mass is 16.2. The molecule has 1 heterocycles. The predicted molar refractivity (Wildman–Crippen MR) is 80.8 cm³/mol. The molecule has 2 atom stereocenters. The van der Waals surface area contributed by atoms with Crippen LogP contribution in [0.15, 0.2) is 0 Å². The van der Waals surface area contributed by atoms with Crippen LogP contribution in [0.25, 0.3) is 0 Å². The van der Waals surface area contributed by atoms with E-state index in [0.717, 1.165) is 12.8 Å². The molecule has 3 aliphatic rings. The van der Waals surface area contributed by atoms with Gasteiger partial charge in [-0.15, -0.1) is 0 Å². The Labute approximate surface area is 131 Å². The summed E-state index contributed by atoms with van der Waals surface area (Å²) in [6.07, 6.45) is 5.22. The minimum atomic E-state index is -0.134. The highest BCUT2D eigenvalue weighted by Gasteiger charge is 2.50. The van der Waals surface area contributed by atoms with Crippen molar-refractivity contribution in [3.63, 3.8) is 0 Å². The zero-order valence-electron chi connectivity index (χ0n) is 13.2. The summed E-state index contributed by atoms with van der Waals surface area (Å²) in [5.74, 6) is -0.0426. The molecule has 3 rings (SSSR count). The first-order valence-electron chi connectivity index (χ1n) is 8.41. The largest absolute Gasteiger partial charge is 0.353 e. The summed E-state index contributed by atoms with van der Waals surface area (Å²) in [4.78, 5) is 39.5. The molecular formula is C16H25N3O3. The molecule has 2 aliphatic carbocycles. The first kappa shape index (κ1) is 15.3. The summed E-state index contributed by atoms with van der Waals surface area (Å²) in [7, 11) is 0. The predicted octanol–water partition coefficient (Wildman–Crippen LogP) is 0.372. The van der Waals surface area contributed by atoms with Gasteiger partial charge in [0, 0.05) is 39.1 Å². The molecule has 0 aromatic carbocycles. The Morgan fingerprint density at radius 3 is 2.09 bits per heavy atom. The minimum Gasteiger partial charge on any atom is -0.353 e. The van der Waals surface area contributed by atoms with Gasteiger partial charge in [-0.1, -0.05) is 12.8 Å². The van der Waals surface area contributed by atoms with Crippen LogP contribution in [0.1, 0.15) is 39.0 Å². The van der Waals surface area contributed by atoms with Crippen LogP contribution < -0.4 is 5.32 Å². The van der Waals surface area contributed by atoms with Gasteiger partial charge in [-0.25, -0.2) is 0 Å². The summed E-state index contributed by atoms with van der Waals surface area (Å²) in [5, 5.41) is 3.09. The Morgan fingerprint density at radius 2 is 1.50 bits per heavy atom. The second-order valence-corrected chi connectivity index (χ2v) is 6.77. The van der Waals surface area contributed by atoms with Gasteiger partial charge >= 0.3 is 0 Å². The van der Waals surface area contributed by atoms with Crippen molar-refractivity contribution >= 4 is 17.7 Å². The average Bonchev–Trinajstić information content (AvgIpc) is 3.17. The molecule has 0 radical (unpaired) electrons. The van der Waals surface area contributed by atoms with E-state index in [1.165, 1.54) is 12.8 Å². The maximum atomic E-state index is 12.4. The molecule has 2 unspecified atom stereocenters. The third kappa shape index (κ3) is 3.25. The summed E-state index contributed by atoms with van der Waals surface area (Å²) in [6.45, 7) is 3.94. The number of hydrogen-bond acceptors (Lipinski definition) is 3. The van der Waals surface area contributed by atoms with Gasteiger partial charge in [0.2, 0.25) is 17.7 Å². The summed E-state index contributed by atoms with van der Waals surface area (Å²) in [6, 6.07) is 0.322. The molecule has 6 heteroatoms. The minimum absolute atomic E-state index is 0.0624. The number of carbonyl (C=O) groups is 3. The Bertz CT molecular complexity index is 465. The zero-order valence-corrected chi connectivity index (χ0v) is 13.2. The van der Waals surface area contributed by atoms with Crippen molar-refractivity contribution in [2.75, 3.05) is 26.2 Å². The lowest BCUT2D eigenvalue weighted by Gasteiger charge is -2.34. The van der Waals surface area contributed by atoms with E-state index in [1.807, 2.05) is 4.90 Å². The molecule has 3 fully saturated rings. The zero-order chi connectivity index (χ0) is 15.7. The molecule has 0 bridgehead atoms. The van der Waals surface area contributed by atoms with E-state index in [1.54, 1.807) is 11.8 Å². The summed E-state index contributed by atoms with van der Waals surface area (Å²) < 4.78 is 0. The smallest absolute Gasteiger partial charge is 0.226 e. The van der Waals surface area contributed by atoms with Crippen molar-refractivity contribution < 1.29 is 14.4 Å². The van der Waals surface area contributed by atoms with Crippen LogP contribution in [-0.2, 0) is 14.4 Å². The lowest BCUT2D eigenvalue weighted by atomic mass is 10.2. The molecule has 6 nitrogen and oxygen atoms in total. The second-order valence-electron chi connectivity index (χ2n) is 6.77. The normalized spacial score (nSPS) is 28.6. The molecule has 0 spiro atoms. The van der Waals surface area contributed by atoms with Crippen molar-refractivity contribution in [1.29, 1.82) is 0 Å². The third-order valence-electron chi connectivity index (χ3n) is 5.18. The van der Waals surface area contributed by atoms with E-state index in [0.29, 0.717) is 38.6 Å². The van der Waals surface area contributed by atoms with Gasteiger partial charge in [-0.2, -0.15) is 0 Å². The highest BCUT2D eigenvalue weighted by Crippen LogP contribution is 2.40. The van der Waals surface area contributed by atoms with Crippen LogP contribution in [-0.4, -0.2) is 59.7 Å². The third-order valence-corrected chi connectivity index (χ3v) is 5.18. The average molecular weight is 307 g/mol. The molecule has 3 amide bonds. The van der Waals surface area contributed by atoms with E-state index in [2.05, 4.69) is 5.32 Å².